The normalized spacial score (nSPS) is 19.0. The highest BCUT2D eigenvalue weighted by atomic mass is 16.5. The van der Waals surface area contributed by atoms with E-state index in [2.05, 4.69) is 17.4 Å². The molecule has 0 aromatic heterocycles. The first-order valence-electron chi connectivity index (χ1n) is 10.4. The number of ether oxygens (including phenoxy) is 1. The number of hydrogen-bond acceptors (Lipinski definition) is 5. The average molecular weight is 415 g/mol. The van der Waals surface area contributed by atoms with E-state index in [1.807, 2.05) is 18.2 Å². The Bertz CT molecular complexity index is 800. The molecule has 162 valence electrons. The quantitative estimate of drug-likeness (QED) is 0.541. The van der Waals surface area contributed by atoms with Crippen molar-refractivity contribution in [1.29, 1.82) is 0 Å². The van der Waals surface area contributed by atoms with Crippen molar-refractivity contribution in [2.45, 2.75) is 45.1 Å². The Hall–Kier alpha value is -2.90. The van der Waals surface area contributed by atoms with Gasteiger partial charge in [0, 0.05) is 19.6 Å². The van der Waals surface area contributed by atoms with Crippen molar-refractivity contribution >= 4 is 23.8 Å². The van der Waals surface area contributed by atoms with E-state index >= 15 is 0 Å². The van der Waals surface area contributed by atoms with Gasteiger partial charge < -0.3 is 15.0 Å². The molecule has 8 heteroatoms. The summed E-state index contributed by atoms with van der Waals surface area (Å²) in [5.41, 5.74) is 0.341. The minimum atomic E-state index is -0.969. The molecule has 0 spiro atoms. The number of nitrogens with one attached hydrogen (secondary N) is 1. The van der Waals surface area contributed by atoms with Crippen LogP contribution in [0.1, 0.15) is 38.7 Å². The molecule has 0 bridgehead atoms. The molecule has 3 rings (SSSR count). The number of hydrogen-bond donors (Lipinski definition) is 1. The van der Waals surface area contributed by atoms with Crippen LogP contribution in [0, 0.1) is 5.92 Å². The number of imide groups is 1. The largest absolute Gasteiger partial charge is 0.456 e. The summed E-state index contributed by atoms with van der Waals surface area (Å²) < 4.78 is 5.06. The van der Waals surface area contributed by atoms with Crippen LogP contribution in [-0.2, 0) is 25.5 Å². The SMILES string of the molecule is CC1(C)NC(=O)N(CCC(=O)OCC(=O)N2CCC(Cc3ccccc3)CC2)C1=O. The van der Waals surface area contributed by atoms with E-state index in [9.17, 15) is 19.2 Å². The Morgan fingerprint density at radius 2 is 1.80 bits per heavy atom. The highest BCUT2D eigenvalue weighted by molar-refractivity contribution is 6.06. The van der Waals surface area contributed by atoms with Gasteiger partial charge in [0.25, 0.3) is 11.8 Å². The van der Waals surface area contributed by atoms with Crippen molar-refractivity contribution in [2.75, 3.05) is 26.2 Å². The number of esters is 1. The maximum atomic E-state index is 12.3. The smallest absolute Gasteiger partial charge is 0.325 e. The lowest BCUT2D eigenvalue weighted by atomic mass is 9.90. The van der Waals surface area contributed by atoms with Gasteiger partial charge in [-0.2, -0.15) is 0 Å². The first-order valence-corrected chi connectivity index (χ1v) is 10.4. The van der Waals surface area contributed by atoms with Crippen LogP contribution >= 0.6 is 0 Å². The second-order valence-corrected chi connectivity index (χ2v) is 8.44. The maximum absolute atomic E-state index is 12.3. The van der Waals surface area contributed by atoms with Gasteiger partial charge in [-0.15, -0.1) is 0 Å². The number of benzene rings is 1. The molecule has 2 aliphatic heterocycles. The van der Waals surface area contributed by atoms with Gasteiger partial charge in [0.2, 0.25) is 0 Å². The molecule has 2 aliphatic rings. The number of nitrogens with zero attached hydrogens (tertiary/aromatic N) is 2. The van der Waals surface area contributed by atoms with Crippen LogP contribution in [-0.4, -0.2) is 65.4 Å². The number of carbonyl (C=O) groups is 4. The number of piperidine rings is 1. The Labute approximate surface area is 176 Å². The van der Waals surface area contributed by atoms with Gasteiger partial charge in [0.05, 0.1) is 6.42 Å². The third kappa shape index (κ3) is 5.37. The van der Waals surface area contributed by atoms with Gasteiger partial charge in [-0.3, -0.25) is 19.3 Å². The molecule has 1 aromatic carbocycles. The Morgan fingerprint density at radius 3 is 2.40 bits per heavy atom. The molecule has 2 saturated heterocycles. The van der Waals surface area contributed by atoms with E-state index in [0.717, 1.165) is 24.2 Å². The molecule has 4 amide bonds. The number of urea groups is 1. The van der Waals surface area contributed by atoms with Crippen molar-refractivity contribution in [2.24, 2.45) is 5.92 Å². The second kappa shape index (κ2) is 9.28. The molecular weight excluding hydrogens is 386 g/mol. The molecule has 0 radical (unpaired) electrons. The van der Waals surface area contributed by atoms with E-state index in [4.69, 9.17) is 4.74 Å². The maximum Gasteiger partial charge on any atom is 0.325 e. The average Bonchev–Trinajstić information content (AvgIpc) is 2.92. The van der Waals surface area contributed by atoms with E-state index in [1.54, 1.807) is 18.7 Å². The molecule has 0 saturated carbocycles. The van der Waals surface area contributed by atoms with E-state index in [1.165, 1.54) is 5.56 Å². The monoisotopic (exact) mass is 415 g/mol. The summed E-state index contributed by atoms with van der Waals surface area (Å²) in [6, 6.07) is 9.80. The lowest BCUT2D eigenvalue weighted by Crippen LogP contribution is -2.41. The fourth-order valence-electron chi connectivity index (χ4n) is 3.86. The second-order valence-electron chi connectivity index (χ2n) is 8.44. The van der Waals surface area contributed by atoms with Gasteiger partial charge in [-0.05, 0) is 44.6 Å². The topological polar surface area (TPSA) is 96.0 Å². The van der Waals surface area contributed by atoms with Crippen LogP contribution in [0.4, 0.5) is 4.79 Å². The number of rotatable bonds is 7. The predicted molar refractivity (Wildman–Crippen MR) is 109 cm³/mol. The molecule has 2 heterocycles. The molecule has 0 atom stereocenters. The molecule has 1 aromatic rings. The summed E-state index contributed by atoms with van der Waals surface area (Å²) in [5, 5.41) is 2.55. The fraction of sp³-hybridized carbons (Fsp3) is 0.545. The Kier molecular flexibility index (Phi) is 6.74. The van der Waals surface area contributed by atoms with E-state index in [0.29, 0.717) is 19.0 Å². The van der Waals surface area contributed by atoms with Gasteiger partial charge >= 0.3 is 12.0 Å². The van der Waals surface area contributed by atoms with E-state index in [-0.39, 0.29) is 31.4 Å². The zero-order valence-electron chi connectivity index (χ0n) is 17.6. The Morgan fingerprint density at radius 1 is 1.13 bits per heavy atom. The number of amides is 4. The van der Waals surface area contributed by atoms with Crippen molar-refractivity contribution < 1.29 is 23.9 Å². The number of carbonyl (C=O) groups excluding carboxylic acids is 4. The molecule has 30 heavy (non-hydrogen) atoms. The van der Waals surface area contributed by atoms with Gasteiger partial charge in [0.15, 0.2) is 6.61 Å². The minimum absolute atomic E-state index is 0.0635. The molecule has 0 unspecified atom stereocenters. The fourth-order valence-corrected chi connectivity index (χ4v) is 3.86. The van der Waals surface area contributed by atoms with Gasteiger partial charge in [-0.25, -0.2) is 4.79 Å². The predicted octanol–water partition coefficient (Wildman–Crippen LogP) is 1.73. The van der Waals surface area contributed by atoms with Crippen molar-refractivity contribution in [1.82, 2.24) is 15.1 Å². The highest BCUT2D eigenvalue weighted by Gasteiger charge is 2.44. The lowest BCUT2D eigenvalue weighted by Gasteiger charge is -2.32. The van der Waals surface area contributed by atoms with Gasteiger partial charge in [0.1, 0.15) is 5.54 Å². The standard InChI is InChI=1S/C22H29N3O5/c1-22(2)20(28)25(21(29)23-22)13-10-19(27)30-15-18(26)24-11-8-17(9-12-24)14-16-6-4-3-5-7-16/h3-7,17H,8-15H2,1-2H3,(H,23,29). The first-order chi connectivity index (χ1) is 14.3. The molecular formula is C22H29N3O5. The van der Waals surface area contributed by atoms with Crippen LogP contribution in [0.5, 0.6) is 0 Å². The Balaban J connectivity index is 1.35. The molecule has 1 N–H and O–H groups in total. The summed E-state index contributed by atoms with van der Waals surface area (Å²) in [4.78, 5) is 50.9. The summed E-state index contributed by atoms with van der Waals surface area (Å²) in [5.74, 6) is -0.646. The lowest BCUT2D eigenvalue weighted by molar-refractivity contribution is -0.153. The summed E-state index contributed by atoms with van der Waals surface area (Å²) in [6.45, 7) is 4.15. The zero-order chi connectivity index (χ0) is 21.7. The van der Waals surface area contributed by atoms with E-state index < -0.39 is 17.5 Å². The summed E-state index contributed by atoms with van der Waals surface area (Å²) in [7, 11) is 0. The summed E-state index contributed by atoms with van der Waals surface area (Å²) >= 11 is 0. The first kappa shape index (κ1) is 21.8. The van der Waals surface area contributed by atoms with Crippen LogP contribution in [0.15, 0.2) is 30.3 Å². The summed E-state index contributed by atoms with van der Waals surface area (Å²) in [6.07, 6.45) is 2.73. The van der Waals surface area contributed by atoms with Crippen molar-refractivity contribution in [3.8, 4) is 0 Å². The molecule has 2 fully saturated rings. The van der Waals surface area contributed by atoms with Crippen molar-refractivity contribution in [3.63, 3.8) is 0 Å². The third-order valence-electron chi connectivity index (χ3n) is 5.68. The van der Waals surface area contributed by atoms with Gasteiger partial charge in [-0.1, -0.05) is 30.3 Å². The van der Waals surface area contributed by atoms with Crippen LogP contribution in [0.3, 0.4) is 0 Å². The van der Waals surface area contributed by atoms with Crippen molar-refractivity contribution in [3.05, 3.63) is 35.9 Å². The van der Waals surface area contributed by atoms with Crippen LogP contribution in [0.25, 0.3) is 0 Å². The van der Waals surface area contributed by atoms with Crippen LogP contribution < -0.4 is 5.32 Å². The number of likely N-dealkylation sites (tertiary alicyclic amines) is 1. The highest BCUT2D eigenvalue weighted by Crippen LogP contribution is 2.22. The molecule has 8 nitrogen and oxygen atoms in total. The third-order valence-corrected chi connectivity index (χ3v) is 5.68. The van der Waals surface area contributed by atoms with Crippen LogP contribution in [0.2, 0.25) is 0 Å². The zero-order valence-corrected chi connectivity index (χ0v) is 17.6. The molecule has 0 aliphatic carbocycles. The minimum Gasteiger partial charge on any atom is -0.456 e.